The van der Waals surface area contributed by atoms with Crippen LogP contribution in [-0.4, -0.2) is 18.1 Å². The van der Waals surface area contributed by atoms with Gasteiger partial charge in [0.05, 0.1) is 12.8 Å². The van der Waals surface area contributed by atoms with Gasteiger partial charge in [0.15, 0.2) is 0 Å². The fourth-order valence-corrected chi connectivity index (χ4v) is 2.36. The molecule has 0 spiro atoms. The molecule has 1 heterocycles. The zero-order chi connectivity index (χ0) is 10.7. The van der Waals surface area contributed by atoms with Crippen molar-refractivity contribution in [3.63, 3.8) is 0 Å². The molecule has 2 rings (SSSR count). The summed E-state index contributed by atoms with van der Waals surface area (Å²) in [6, 6.07) is 4.21. The van der Waals surface area contributed by atoms with E-state index in [0.717, 1.165) is 24.3 Å². The third kappa shape index (κ3) is 2.29. The van der Waals surface area contributed by atoms with Crippen LogP contribution >= 0.6 is 0 Å². The Bertz CT molecular complexity index is 327. The Hall–Kier alpha value is -1.09. The van der Waals surface area contributed by atoms with Gasteiger partial charge in [0.1, 0.15) is 5.75 Å². The zero-order valence-corrected chi connectivity index (χ0v) is 9.15. The molecule has 0 radical (unpaired) electrons. The Kier molecular flexibility index (Phi) is 3.21. The number of rotatable bonds is 2. The maximum Gasteiger partial charge on any atom is 0.140 e. The van der Waals surface area contributed by atoms with Gasteiger partial charge in [-0.1, -0.05) is 6.42 Å². The maximum atomic E-state index is 5.99. The second kappa shape index (κ2) is 4.62. The molecule has 1 aliphatic rings. The van der Waals surface area contributed by atoms with Crippen LogP contribution in [0.3, 0.4) is 0 Å². The molecule has 1 fully saturated rings. The summed E-state index contributed by atoms with van der Waals surface area (Å²) in [7, 11) is 1.70. The smallest absolute Gasteiger partial charge is 0.140 e. The monoisotopic (exact) mass is 206 g/mol. The molecule has 2 atom stereocenters. The van der Waals surface area contributed by atoms with E-state index in [9.17, 15) is 0 Å². The van der Waals surface area contributed by atoms with Gasteiger partial charge in [0.25, 0.3) is 0 Å². The van der Waals surface area contributed by atoms with Gasteiger partial charge in [0.2, 0.25) is 0 Å². The predicted molar refractivity (Wildman–Crippen MR) is 60.0 cm³/mol. The van der Waals surface area contributed by atoms with Crippen LogP contribution in [0.25, 0.3) is 0 Å². The Morgan fingerprint density at radius 3 is 3.07 bits per heavy atom. The molecule has 0 bridgehead atoms. The van der Waals surface area contributed by atoms with Gasteiger partial charge >= 0.3 is 0 Å². The van der Waals surface area contributed by atoms with Crippen LogP contribution in [0.4, 0.5) is 0 Å². The standard InChI is InChI=1S/C12H18N2O/c1-15-11-6-3-7-14-12(11)9-4-2-5-10(13)8-9/h3,6-7,9-10H,2,4-5,8,13H2,1H3. The summed E-state index contributed by atoms with van der Waals surface area (Å²) in [5.41, 5.74) is 7.06. The Balaban J connectivity index is 2.20. The van der Waals surface area contributed by atoms with Crippen LogP contribution in [0.15, 0.2) is 18.3 Å². The van der Waals surface area contributed by atoms with Crippen molar-refractivity contribution >= 4 is 0 Å². The quantitative estimate of drug-likeness (QED) is 0.806. The van der Waals surface area contributed by atoms with Crippen LogP contribution in [0.5, 0.6) is 5.75 Å². The Morgan fingerprint density at radius 2 is 2.33 bits per heavy atom. The van der Waals surface area contributed by atoms with Gasteiger partial charge in [-0.25, -0.2) is 0 Å². The number of nitrogens with zero attached hydrogens (tertiary/aromatic N) is 1. The summed E-state index contributed by atoms with van der Waals surface area (Å²) in [5.74, 6) is 1.38. The molecule has 0 aromatic carbocycles. The van der Waals surface area contributed by atoms with E-state index in [1.54, 1.807) is 7.11 Å². The van der Waals surface area contributed by atoms with Gasteiger partial charge in [-0.2, -0.15) is 0 Å². The first-order valence-corrected chi connectivity index (χ1v) is 5.55. The summed E-state index contributed by atoms with van der Waals surface area (Å²) in [6.07, 6.45) is 6.39. The number of pyridine rings is 1. The van der Waals surface area contributed by atoms with Crippen molar-refractivity contribution < 1.29 is 4.74 Å². The molecule has 2 unspecified atom stereocenters. The van der Waals surface area contributed by atoms with Gasteiger partial charge in [-0.3, -0.25) is 4.98 Å². The summed E-state index contributed by atoms with van der Waals surface area (Å²) >= 11 is 0. The molecular weight excluding hydrogens is 188 g/mol. The second-order valence-electron chi connectivity index (χ2n) is 4.21. The summed E-state index contributed by atoms with van der Waals surface area (Å²) in [4.78, 5) is 4.43. The number of aromatic nitrogens is 1. The lowest BCUT2D eigenvalue weighted by molar-refractivity contribution is 0.361. The Labute approximate surface area is 90.7 Å². The summed E-state index contributed by atoms with van der Waals surface area (Å²) in [5, 5.41) is 0. The van der Waals surface area contributed by atoms with Gasteiger partial charge in [0, 0.05) is 18.2 Å². The summed E-state index contributed by atoms with van der Waals surface area (Å²) < 4.78 is 5.33. The van der Waals surface area contributed by atoms with Crippen LogP contribution in [-0.2, 0) is 0 Å². The molecule has 3 heteroatoms. The largest absolute Gasteiger partial charge is 0.495 e. The molecule has 0 amide bonds. The van der Waals surface area contributed by atoms with Crippen LogP contribution in [0, 0.1) is 0 Å². The maximum absolute atomic E-state index is 5.99. The summed E-state index contributed by atoms with van der Waals surface area (Å²) in [6.45, 7) is 0. The molecular formula is C12H18N2O. The Morgan fingerprint density at radius 1 is 1.47 bits per heavy atom. The average Bonchev–Trinajstić information content (AvgIpc) is 2.29. The molecule has 1 aromatic rings. The van der Waals surface area contributed by atoms with E-state index in [1.807, 2.05) is 18.3 Å². The highest BCUT2D eigenvalue weighted by Crippen LogP contribution is 2.35. The van der Waals surface area contributed by atoms with Crippen molar-refractivity contribution in [3.8, 4) is 5.75 Å². The van der Waals surface area contributed by atoms with Crippen LogP contribution < -0.4 is 10.5 Å². The van der Waals surface area contributed by atoms with E-state index in [0.29, 0.717) is 12.0 Å². The molecule has 3 nitrogen and oxygen atoms in total. The predicted octanol–water partition coefficient (Wildman–Crippen LogP) is 2.08. The third-order valence-corrected chi connectivity index (χ3v) is 3.12. The van der Waals surface area contributed by atoms with Crippen LogP contribution in [0.2, 0.25) is 0 Å². The van der Waals surface area contributed by atoms with Gasteiger partial charge < -0.3 is 10.5 Å². The minimum atomic E-state index is 0.329. The molecule has 0 saturated heterocycles. The molecule has 1 aromatic heterocycles. The van der Waals surface area contributed by atoms with Gasteiger partial charge in [-0.05, 0) is 31.4 Å². The highest BCUT2D eigenvalue weighted by molar-refractivity contribution is 5.30. The number of hydrogen-bond acceptors (Lipinski definition) is 3. The number of nitrogens with two attached hydrogens (primary N) is 1. The van der Waals surface area contributed by atoms with Crippen molar-refractivity contribution in [2.75, 3.05) is 7.11 Å². The molecule has 2 N–H and O–H groups in total. The first-order chi connectivity index (χ1) is 7.31. The van der Waals surface area contributed by atoms with E-state index in [2.05, 4.69) is 4.98 Å². The molecule has 1 aliphatic carbocycles. The lowest BCUT2D eigenvalue weighted by Gasteiger charge is -2.26. The molecule has 82 valence electrons. The molecule has 15 heavy (non-hydrogen) atoms. The van der Waals surface area contributed by atoms with E-state index in [-0.39, 0.29) is 0 Å². The zero-order valence-electron chi connectivity index (χ0n) is 9.15. The number of methoxy groups -OCH3 is 1. The fraction of sp³-hybridized carbons (Fsp3) is 0.583. The van der Waals surface area contributed by atoms with E-state index in [1.165, 1.54) is 12.8 Å². The van der Waals surface area contributed by atoms with Crippen molar-refractivity contribution in [2.45, 2.75) is 37.6 Å². The SMILES string of the molecule is COc1cccnc1C1CCCC(N)C1. The highest BCUT2D eigenvalue weighted by Gasteiger charge is 2.23. The topological polar surface area (TPSA) is 48.1 Å². The third-order valence-electron chi connectivity index (χ3n) is 3.12. The first-order valence-electron chi connectivity index (χ1n) is 5.55. The second-order valence-corrected chi connectivity index (χ2v) is 4.21. The lowest BCUT2D eigenvalue weighted by atomic mass is 9.83. The minimum absolute atomic E-state index is 0.329. The van der Waals surface area contributed by atoms with Crippen molar-refractivity contribution in [2.24, 2.45) is 5.73 Å². The molecule has 0 aliphatic heterocycles. The van der Waals surface area contributed by atoms with Crippen molar-refractivity contribution in [1.29, 1.82) is 0 Å². The number of ether oxygens (including phenoxy) is 1. The van der Waals surface area contributed by atoms with Gasteiger partial charge in [-0.15, -0.1) is 0 Å². The normalized spacial score (nSPS) is 26.3. The minimum Gasteiger partial charge on any atom is -0.495 e. The fourth-order valence-electron chi connectivity index (χ4n) is 2.36. The lowest BCUT2D eigenvalue weighted by Crippen LogP contribution is -2.27. The van der Waals surface area contributed by atoms with Crippen molar-refractivity contribution in [1.82, 2.24) is 4.98 Å². The van der Waals surface area contributed by atoms with E-state index in [4.69, 9.17) is 10.5 Å². The number of hydrogen-bond donors (Lipinski definition) is 1. The van der Waals surface area contributed by atoms with E-state index >= 15 is 0 Å². The van der Waals surface area contributed by atoms with E-state index < -0.39 is 0 Å². The molecule has 1 saturated carbocycles. The average molecular weight is 206 g/mol. The van der Waals surface area contributed by atoms with Crippen LogP contribution in [0.1, 0.15) is 37.3 Å². The highest BCUT2D eigenvalue weighted by atomic mass is 16.5. The first kappa shape index (κ1) is 10.4. The van der Waals surface area contributed by atoms with Crippen molar-refractivity contribution in [3.05, 3.63) is 24.0 Å².